The molecule has 1 fully saturated rings. The number of aliphatic hydroxyl groups is 2. The van der Waals surface area contributed by atoms with Crippen molar-refractivity contribution in [3.8, 4) is 0 Å². The van der Waals surface area contributed by atoms with Crippen LogP contribution >= 0.6 is 11.5 Å². The molecule has 1 saturated heterocycles. The molecular formula is C13H23N3O3S. The molecule has 1 aliphatic rings. The van der Waals surface area contributed by atoms with Crippen LogP contribution in [-0.2, 0) is 10.2 Å². The zero-order valence-corrected chi connectivity index (χ0v) is 13.4. The Kier molecular flexibility index (Phi) is 4.36. The molecule has 6 nitrogen and oxygen atoms in total. The molecule has 114 valence electrons. The van der Waals surface area contributed by atoms with Gasteiger partial charge in [-0.3, -0.25) is 4.90 Å². The van der Waals surface area contributed by atoms with Gasteiger partial charge in [-0.1, -0.05) is 20.8 Å². The van der Waals surface area contributed by atoms with E-state index in [1.54, 1.807) is 11.9 Å². The summed E-state index contributed by atoms with van der Waals surface area (Å²) in [5, 5.41) is 20.6. The van der Waals surface area contributed by atoms with Crippen LogP contribution in [0.4, 0.5) is 5.82 Å². The van der Waals surface area contributed by atoms with Crippen molar-refractivity contribution in [2.24, 2.45) is 0 Å². The normalized spacial score (nSPS) is 28.4. The minimum Gasteiger partial charge on any atom is -0.369 e. The second kappa shape index (κ2) is 5.57. The summed E-state index contributed by atoms with van der Waals surface area (Å²) in [6.45, 7) is 8.65. The standard InChI is InChI=1S/C13H23N3O3S/c1-6-19-11-10(17)16(12(18)15(11)5)9-7-8(20-14-9)13(2,3)4/h7,10-12,17-18H,6H2,1-5H3. The molecular weight excluding hydrogens is 278 g/mol. The van der Waals surface area contributed by atoms with Gasteiger partial charge in [0.2, 0.25) is 0 Å². The highest BCUT2D eigenvalue weighted by atomic mass is 32.1. The van der Waals surface area contributed by atoms with Crippen LogP contribution in [0, 0.1) is 0 Å². The zero-order valence-electron chi connectivity index (χ0n) is 12.6. The molecule has 0 spiro atoms. The third-order valence-corrected chi connectivity index (χ3v) is 4.60. The predicted molar refractivity (Wildman–Crippen MR) is 78.5 cm³/mol. The van der Waals surface area contributed by atoms with Gasteiger partial charge in [0.25, 0.3) is 0 Å². The van der Waals surface area contributed by atoms with Crippen molar-refractivity contribution in [3.05, 3.63) is 10.9 Å². The molecule has 3 unspecified atom stereocenters. The molecule has 1 aromatic rings. The Morgan fingerprint density at radius 3 is 2.55 bits per heavy atom. The van der Waals surface area contributed by atoms with E-state index in [0.717, 1.165) is 4.88 Å². The average Bonchev–Trinajstić information content (AvgIpc) is 2.90. The third kappa shape index (κ3) is 2.68. The number of anilines is 1. The van der Waals surface area contributed by atoms with Crippen molar-refractivity contribution in [3.63, 3.8) is 0 Å². The van der Waals surface area contributed by atoms with Crippen molar-refractivity contribution in [1.82, 2.24) is 9.27 Å². The van der Waals surface area contributed by atoms with E-state index in [2.05, 4.69) is 25.1 Å². The first-order chi connectivity index (χ1) is 9.27. The Morgan fingerprint density at radius 1 is 1.40 bits per heavy atom. The fourth-order valence-corrected chi connectivity index (χ4v) is 2.95. The van der Waals surface area contributed by atoms with E-state index in [9.17, 15) is 10.2 Å². The lowest BCUT2D eigenvalue weighted by Gasteiger charge is -2.23. The molecule has 0 aliphatic carbocycles. The summed E-state index contributed by atoms with van der Waals surface area (Å²) in [7, 11) is 1.71. The van der Waals surface area contributed by atoms with Gasteiger partial charge in [-0.05, 0) is 37.0 Å². The molecule has 2 heterocycles. The highest BCUT2D eigenvalue weighted by molar-refractivity contribution is 7.06. The maximum Gasteiger partial charge on any atom is 0.191 e. The van der Waals surface area contributed by atoms with E-state index in [4.69, 9.17) is 4.74 Å². The second-order valence-corrected chi connectivity index (χ2v) is 6.78. The van der Waals surface area contributed by atoms with Crippen LogP contribution in [0.5, 0.6) is 0 Å². The number of aromatic nitrogens is 1. The van der Waals surface area contributed by atoms with Gasteiger partial charge in [0, 0.05) is 11.5 Å². The quantitative estimate of drug-likeness (QED) is 0.873. The summed E-state index contributed by atoms with van der Waals surface area (Å²) in [6.07, 6.45) is -2.45. The van der Waals surface area contributed by atoms with Crippen molar-refractivity contribution in [2.75, 3.05) is 18.6 Å². The largest absolute Gasteiger partial charge is 0.369 e. The molecule has 0 bridgehead atoms. The molecule has 1 aromatic heterocycles. The topological polar surface area (TPSA) is 69.1 Å². The van der Waals surface area contributed by atoms with E-state index in [0.29, 0.717) is 12.4 Å². The molecule has 2 rings (SSSR count). The second-order valence-electron chi connectivity index (χ2n) is 5.98. The highest BCUT2D eigenvalue weighted by Gasteiger charge is 2.45. The van der Waals surface area contributed by atoms with Crippen LogP contribution in [0.2, 0.25) is 0 Å². The number of likely N-dealkylation sites (N-methyl/N-ethyl adjacent to an activating group) is 1. The molecule has 3 atom stereocenters. The molecule has 0 radical (unpaired) electrons. The summed E-state index contributed by atoms with van der Waals surface area (Å²) >= 11 is 1.39. The summed E-state index contributed by atoms with van der Waals surface area (Å²) in [5.41, 5.74) is -0.00321. The van der Waals surface area contributed by atoms with E-state index >= 15 is 0 Å². The monoisotopic (exact) mass is 301 g/mol. The Hall–Kier alpha value is -0.730. The van der Waals surface area contributed by atoms with Gasteiger partial charge in [0.1, 0.15) is 5.82 Å². The van der Waals surface area contributed by atoms with Crippen LogP contribution in [0.1, 0.15) is 32.6 Å². The van der Waals surface area contributed by atoms with Gasteiger partial charge in [-0.25, -0.2) is 4.90 Å². The van der Waals surface area contributed by atoms with Crippen molar-refractivity contribution >= 4 is 17.4 Å². The van der Waals surface area contributed by atoms with E-state index in [-0.39, 0.29) is 5.41 Å². The molecule has 2 N–H and O–H groups in total. The predicted octanol–water partition coefficient (Wildman–Crippen LogP) is 1.15. The van der Waals surface area contributed by atoms with Crippen molar-refractivity contribution in [1.29, 1.82) is 0 Å². The lowest BCUT2D eigenvalue weighted by atomic mass is 9.95. The smallest absolute Gasteiger partial charge is 0.191 e. The van der Waals surface area contributed by atoms with Gasteiger partial charge < -0.3 is 14.9 Å². The van der Waals surface area contributed by atoms with Gasteiger partial charge in [-0.15, -0.1) is 0 Å². The fourth-order valence-electron chi connectivity index (χ4n) is 2.18. The van der Waals surface area contributed by atoms with Gasteiger partial charge in [0.15, 0.2) is 18.8 Å². The number of rotatable bonds is 3. The molecule has 0 aromatic carbocycles. The lowest BCUT2D eigenvalue weighted by Crippen LogP contribution is -2.39. The first-order valence-corrected chi connectivity index (χ1v) is 7.50. The van der Waals surface area contributed by atoms with Gasteiger partial charge in [0.05, 0.1) is 0 Å². The summed E-state index contributed by atoms with van der Waals surface area (Å²) in [4.78, 5) is 4.17. The minimum atomic E-state index is -0.948. The SMILES string of the molecule is CCOC1C(O)N(c2cc(C(C)(C)C)sn2)C(O)N1C. The third-order valence-electron chi connectivity index (χ3n) is 3.39. The van der Waals surface area contributed by atoms with Crippen molar-refractivity contribution in [2.45, 2.75) is 51.9 Å². The maximum absolute atomic E-state index is 10.4. The van der Waals surface area contributed by atoms with Crippen molar-refractivity contribution < 1.29 is 14.9 Å². The minimum absolute atomic E-state index is 0.00321. The number of hydrogen-bond acceptors (Lipinski definition) is 7. The number of hydrogen-bond donors (Lipinski definition) is 2. The van der Waals surface area contributed by atoms with E-state index in [1.807, 2.05) is 13.0 Å². The summed E-state index contributed by atoms with van der Waals surface area (Å²) in [6, 6.07) is 1.92. The fraction of sp³-hybridized carbons (Fsp3) is 0.769. The Labute approximate surface area is 123 Å². The molecule has 20 heavy (non-hydrogen) atoms. The van der Waals surface area contributed by atoms with Gasteiger partial charge in [-0.2, -0.15) is 4.37 Å². The Balaban J connectivity index is 2.26. The Morgan fingerprint density at radius 2 is 2.05 bits per heavy atom. The van der Waals surface area contributed by atoms with E-state index in [1.165, 1.54) is 16.4 Å². The maximum atomic E-state index is 10.4. The van der Waals surface area contributed by atoms with Crippen LogP contribution in [-0.4, -0.2) is 51.9 Å². The molecule has 0 amide bonds. The van der Waals surface area contributed by atoms with Crippen LogP contribution in [0.15, 0.2) is 6.07 Å². The summed E-state index contributed by atoms with van der Waals surface area (Å²) < 4.78 is 9.83. The molecule has 1 aliphatic heterocycles. The molecule has 7 heteroatoms. The first-order valence-electron chi connectivity index (χ1n) is 6.72. The first kappa shape index (κ1) is 15.7. The van der Waals surface area contributed by atoms with Crippen LogP contribution in [0.3, 0.4) is 0 Å². The molecule has 0 saturated carbocycles. The summed E-state index contributed by atoms with van der Waals surface area (Å²) in [5.74, 6) is 0.578. The van der Waals surface area contributed by atoms with Crippen LogP contribution in [0.25, 0.3) is 0 Å². The van der Waals surface area contributed by atoms with Gasteiger partial charge >= 0.3 is 0 Å². The number of nitrogens with zero attached hydrogens (tertiary/aromatic N) is 3. The van der Waals surface area contributed by atoms with E-state index < -0.39 is 18.8 Å². The highest BCUT2D eigenvalue weighted by Crippen LogP contribution is 2.34. The lowest BCUT2D eigenvalue weighted by molar-refractivity contribution is -0.100. The zero-order chi connectivity index (χ0) is 15.1. The Bertz CT molecular complexity index is 460. The average molecular weight is 301 g/mol. The van der Waals surface area contributed by atoms with Crippen LogP contribution < -0.4 is 4.90 Å². The number of ether oxygens (including phenoxy) is 1. The number of aliphatic hydroxyl groups excluding tert-OH is 2.